The van der Waals surface area contributed by atoms with Crippen LogP contribution in [0.1, 0.15) is 24.2 Å². The number of hydrogen-bond donors (Lipinski definition) is 5. The summed E-state index contributed by atoms with van der Waals surface area (Å²) >= 11 is 0. The number of pyridine rings is 1. The number of benzene rings is 3. The fraction of sp³-hybridized carbons (Fsp3) is 0.267. The Morgan fingerprint density at radius 3 is 2.40 bits per heavy atom. The van der Waals surface area contributed by atoms with Gasteiger partial charge in [-0.05, 0) is 55.8 Å². The largest absolute Gasteiger partial charge is 0.455 e. The number of nitrogens with zero attached hydrogens (tertiary/aromatic N) is 1. The Hall–Kier alpha value is -4.25. The van der Waals surface area contributed by atoms with Crippen LogP contribution >= 0.6 is 0 Å². The number of halogens is 1. The molecule has 0 bridgehead atoms. The second-order valence-electron chi connectivity index (χ2n) is 9.78. The van der Waals surface area contributed by atoms with Crippen molar-refractivity contribution in [1.29, 1.82) is 0 Å². The van der Waals surface area contributed by atoms with Crippen LogP contribution in [0.2, 0.25) is 0 Å². The maximum atomic E-state index is 13.9. The number of aliphatic hydroxyl groups is 3. The molecule has 208 valence electrons. The van der Waals surface area contributed by atoms with Gasteiger partial charge in [-0.1, -0.05) is 12.1 Å². The first-order valence-electron chi connectivity index (χ1n) is 13.0. The smallest absolute Gasteiger partial charge is 0.260 e. The summed E-state index contributed by atoms with van der Waals surface area (Å²) in [6, 6.07) is 14.7. The molecule has 0 radical (unpaired) electrons. The van der Waals surface area contributed by atoms with Gasteiger partial charge >= 0.3 is 0 Å². The molecule has 0 aliphatic carbocycles. The van der Waals surface area contributed by atoms with E-state index in [-0.39, 0.29) is 5.56 Å². The zero-order chi connectivity index (χ0) is 28.6. The Morgan fingerprint density at radius 2 is 1.73 bits per heavy atom. The van der Waals surface area contributed by atoms with E-state index in [1.807, 2.05) is 32.0 Å². The average molecular weight is 548 g/mol. The van der Waals surface area contributed by atoms with Crippen molar-refractivity contribution in [3.8, 4) is 11.1 Å². The van der Waals surface area contributed by atoms with E-state index < -0.39 is 42.6 Å². The number of anilines is 1. The lowest BCUT2D eigenvalue weighted by molar-refractivity contribution is 0.0375. The standard InChI is InChI=1S/C30H30FN3O6/c1-3-34(4-2)24-13-25-22(26-27(40-25)20-9-8-19(31)11-23(20)32-29(26)39)12-21(24)17-6-5-7-18(10-17)28(38)33-30(14-35,15-36)16-37/h5-13,35-37H,3-4,14-16H2,1-2H3,(H,32,39)(H,33,38). The van der Waals surface area contributed by atoms with Crippen molar-refractivity contribution in [3.63, 3.8) is 0 Å². The minimum absolute atomic E-state index is 0.255. The zero-order valence-electron chi connectivity index (χ0n) is 22.1. The lowest BCUT2D eigenvalue weighted by atomic mass is 9.97. The van der Waals surface area contributed by atoms with Gasteiger partial charge in [0.2, 0.25) is 0 Å². The molecule has 5 N–H and O–H groups in total. The van der Waals surface area contributed by atoms with E-state index in [9.17, 15) is 29.3 Å². The van der Waals surface area contributed by atoms with Crippen molar-refractivity contribution in [1.82, 2.24) is 10.3 Å². The van der Waals surface area contributed by atoms with E-state index in [0.717, 1.165) is 11.3 Å². The number of carbonyl (C=O) groups excluding carboxylic acids is 1. The molecule has 40 heavy (non-hydrogen) atoms. The number of hydrogen-bond acceptors (Lipinski definition) is 7. The zero-order valence-corrected chi connectivity index (χ0v) is 22.1. The number of carbonyl (C=O) groups is 1. The summed E-state index contributed by atoms with van der Waals surface area (Å²) in [6.45, 7) is 3.48. The number of aromatic amines is 1. The van der Waals surface area contributed by atoms with Crippen molar-refractivity contribution >= 4 is 44.4 Å². The lowest BCUT2D eigenvalue weighted by Crippen LogP contribution is -2.57. The molecule has 5 aromatic rings. The first-order chi connectivity index (χ1) is 19.3. The van der Waals surface area contributed by atoms with Gasteiger partial charge in [0.15, 0.2) is 0 Å². The van der Waals surface area contributed by atoms with Gasteiger partial charge in [-0.2, -0.15) is 0 Å². The third kappa shape index (κ3) is 4.60. The van der Waals surface area contributed by atoms with Crippen LogP contribution in [0.4, 0.5) is 10.1 Å². The number of amides is 1. The number of rotatable bonds is 9. The SMILES string of the molecule is CCN(CC)c1cc2oc3c4ccc(F)cc4[nH]c(=O)c3c2cc1-c1cccc(C(=O)NC(CO)(CO)CO)c1. The Kier molecular flexibility index (Phi) is 7.33. The van der Waals surface area contributed by atoms with E-state index in [4.69, 9.17) is 4.42 Å². The summed E-state index contributed by atoms with van der Waals surface area (Å²) in [4.78, 5) is 31.1. The number of aliphatic hydroxyl groups excluding tert-OH is 3. The number of fused-ring (bicyclic) bond motifs is 5. The predicted molar refractivity (Wildman–Crippen MR) is 152 cm³/mol. The van der Waals surface area contributed by atoms with Crippen molar-refractivity contribution in [2.24, 2.45) is 0 Å². The van der Waals surface area contributed by atoms with Crippen LogP contribution in [0.3, 0.4) is 0 Å². The molecule has 9 nitrogen and oxygen atoms in total. The molecular weight excluding hydrogens is 517 g/mol. The molecule has 0 unspecified atom stereocenters. The number of nitrogens with one attached hydrogen (secondary N) is 2. The first kappa shape index (κ1) is 27.3. The highest BCUT2D eigenvalue weighted by molar-refractivity contribution is 6.15. The summed E-state index contributed by atoms with van der Waals surface area (Å²) in [5.74, 6) is -1.05. The van der Waals surface area contributed by atoms with Crippen LogP contribution in [0.5, 0.6) is 0 Å². The molecule has 0 saturated heterocycles. The maximum Gasteiger partial charge on any atom is 0.260 e. The summed E-state index contributed by atoms with van der Waals surface area (Å²) < 4.78 is 20.1. The quantitative estimate of drug-likeness (QED) is 0.190. The normalized spacial score (nSPS) is 11.9. The van der Waals surface area contributed by atoms with Gasteiger partial charge in [0.05, 0.1) is 30.7 Å². The summed E-state index contributed by atoms with van der Waals surface area (Å²) in [5.41, 5.74) is 1.74. The molecule has 0 aliphatic heterocycles. The number of H-pyrrole nitrogens is 1. The highest BCUT2D eigenvalue weighted by Crippen LogP contribution is 2.40. The van der Waals surface area contributed by atoms with Crippen LogP contribution < -0.4 is 15.8 Å². The van der Waals surface area contributed by atoms with Crippen molar-refractivity contribution < 1.29 is 28.9 Å². The Bertz CT molecular complexity index is 1780. The van der Waals surface area contributed by atoms with Crippen molar-refractivity contribution in [3.05, 3.63) is 76.3 Å². The summed E-state index contributed by atoms with van der Waals surface area (Å²) in [7, 11) is 0. The van der Waals surface area contributed by atoms with Crippen LogP contribution in [-0.4, -0.2) is 64.7 Å². The molecule has 0 fully saturated rings. The molecule has 3 aromatic carbocycles. The maximum absolute atomic E-state index is 13.9. The molecule has 10 heteroatoms. The Morgan fingerprint density at radius 1 is 1.00 bits per heavy atom. The van der Waals surface area contributed by atoms with E-state index >= 15 is 0 Å². The highest BCUT2D eigenvalue weighted by atomic mass is 19.1. The predicted octanol–water partition coefficient (Wildman–Crippen LogP) is 3.53. The number of furan rings is 1. The molecular formula is C30H30FN3O6. The second kappa shape index (κ2) is 10.7. The first-order valence-corrected chi connectivity index (χ1v) is 13.0. The van der Waals surface area contributed by atoms with Crippen LogP contribution in [-0.2, 0) is 0 Å². The summed E-state index contributed by atoms with van der Waals surface area (Å²) in [6.07, 6.45) is 0. The Labute approximate surface area is 228 Å². The van der Waals surface area contributed by atoms with Gasteiger partial charge in [0.25, 0.3) is 11.5 Å². The second-order valence-corrected chi connectivity index (χ2v) is 9.78. The molecule has 2 aromatic heterocycles. The monoisotopic (exact) mass is 547 g/mol. The third-order valence-corrected chi connectivity index (χ3v) is 7.33. The van der Waals surface area contributed by atoms with Gasteiger partial charge in [-0.25, -0.2) is 4.39 Å². The van der Waals surface area contributed by atoms with E-state index in [1.54, 1.807) is 24.3 Å². The van der Waals surface area contributed by atoms with Gasteiger partial charge in [0.1, 0.15) is 22.5 Å². The highest BCUT2D eigenvalue weighted by Gasteiger charge is 2.30. The lowest BCUT2D eigenvalue weighted by Gasteiger charge is -2.28. The van der Waals surface area contributed by atoms with Crippen LogP contribution in [0.25, 0.3) is 44.0 Å². The van der Waals surface area contributed by atoms with E-state index in [0.29, 0.717) is 51.5 Å². The molecule has 1 amide bonds. The van der Waals surface area contributed by atoms with E-state index in [1.165, 1.54) is 12.1 Å². The average Bonchev–Trinajstić information content (AvgIpc) is 3.35. The van der Waals surface area contributed by atoms with Crippen LogP contribution in [0.15, 0.2) is 63.8 Å². The Balaban J connectivity index is 1.72. The van der Waals surface area contributed by atoms with Gasteiger partial charge in [0, 0.05) is 46.7 Å². The van der Waals surface area contributed by atoms with Gasteiger partial charge in [-0.3, -0.25) is 9.59 Å². The van der Waals surface area contributed by atoms with Crippen LogP contribution in [0, 0.1) is 5.82 Å². The molecule has 0 spiro atoms. The van der Waals surface area contributed by atoms with E-state index in [2.05, 4.69) is 15.2 Å². The molecule has 0 aliphatic rings. The van der Waals surface area contributed by atoms with Crippen molar-refractivity contribution in [2.75, 3.05) is 37.8 Å². The fourth-order valence-electron chi connectivity index (χ4n) is 5.02. The van der Waals surface area contributed by atoms with Gasteiger partial charge < -0.3 is 34.9 Å². The number of aromatic nitrogens is 1. The molecule has 0 atom stereocenters. The van der Waals surface area contributed by atoms with Crippen molar-refractivity contribution in [2.45, 2.75) is 19.4 Å². The fourth-order valence-corrected chi connectivity index (χ4v) is 5.02. The molecule has 0 saturated carbocycles. The summed E-state index contributed by atoms with van der Waals surface area (Å²) in [5, 5.41) is 32.9. The molecule has 5 rings (SSSR count). The minimum atomic E-state index is -1.57. The topological polar surface area (TPSA) is 139 Å². The molecule has 2 heterocycles. The third-order valence-electron chi connectivity index (χ3n) is 7.33. The minimum Gasteiger partial charge on any atom is -0.455 e. The van der Waals surface area contributed by atoms with Gasteiger partial charge in [-0.15, -0.1) is 0 Å².